The molecule has 0 rings (SSSR count). The van der Waals surface area contributed by atoms with Gasteiger partial charge in [-0.3, -0.25) is 0 Å². The summed E-state index contributed by atoms with van der Waals surface area (Å²) >= 11 is 0. The van der Waals surface area contributed by atoms with Crippen LogP contribution in [-0.2, 0) is 23.1 Å². The zero-order valence-electron chi connectivity index (χ0n) is 4.91. The van der Waals surface area contributed by atoms with Gasteiger partial charge in [-0.25, -0.2) is 0 Å². The Morgan fingerprint density at radius 1 is 1.00 bits per heavy atom. The molecule has 39 valence electrons. The molecule has 0 aromatic rings. The number of hydrogen-bond acceptors (Lipinski definition) is 4. The van der Waals surface area contributed by atoms with Crippen molar-refractivity contribution in [1.82, 2.24) is 0 Å². The van der Waals surface area contributed by atoms with Gasteiger partial charge >= 0.3 is 77.7 Å². The molecular weight excluding hydrogens is 211 g/mol. The summed E-state index contributed by atoms with van der Waals surface area (Å²) in [7, 11) is -5.39. The second-order valence-corrected chi connectivity index (χ2v) is 1.34. The standard InChI is InChI=1S/F.2Na.H3O4P.V/c;;;1-5(2,3)4;/h;;;(H3,1,2,3,4);/q;2*+1;;+5/p-3. The van der Waals surface area contributed by atoms with E-state index in [0.29, 0.717) is 0 Å². The minimum atomic E-state index is -5.39. The number of phosphoric acid groups is 1. The molecule has 0 spiro atoms. The summed E-state index contributed by atoms with van der Waals surface area (Å²) < 4.78 is 8.55. The van der Waals surface area contributed by atoms with Gasteiger partial charge in [0.1, 0.15) is 0 Å². The Balaban J connectivity index is -0.0000000133. The van der Waals surface area contributed by atoms with Gasteiger partial charge in [-0.05, 0) is 0 Å². The Bertz CT molecular complexity index is 64.7. The molecule has 0 heterocycles. The van der Waals surface area contributed by atoms with Crippen molar-refractivity contribution in [3.05, 3.63) is 0 Å². The van der Waals surface area contributed by atoms with Crippen LogP contribution in [0.15, 0.2) is 0 Å². The van der Waals surface area contributed by atoms with Crippen LogP contribution >= 0.6 is 7.82 Å². The molecule has 0 aliphatic heterocycles. The zero-order chi connectivity index (χ0) is 4.50. The summed E-state index contributed by atoms with van der Waals surface area (Å²) in [4.78, 5) is 25.6. The molecule has 0 aromatic heterocycles. The molecule has 0 fully saturated rings. The van der Waals surface area contributed by atoms with Gasteiger partial charge in [-0.15, -0.1) is 0 Å². The van der Waals surface area contributed by atoms with Gasteiger partial charge in [0.2, 0.25) is 0 Å². The predicted molar refractivity (Wildman–Crippen MR) is 8.71 cm³/mol. The van der Waals surface area contributed by atoms with Crippen molar-refractivity contribution < 1.29 is 102 Å². The molecule has 0 unspecified atom stereocenters. The quantitative estimate of drug-likeness (QED) is 0.294. The van der Waals surface area contributed by atoms with Crippen molar-refractivity contribution >= 4 is 7.82 Å². The SMILES string of the molecule is O=P([O-])([O-])[O-].[F].[Na+].[Na+].[V+5]. The van der Waals surface area contributed by atoms with E-state index in [2.05, 4.69) is 0 Å². The van der Waals surface area contributed by atoms with Gasteiger partial charge in [-0.2, -0.15) is 7.82 Å². The average Bonchev–Trinajstić information content (AvgIpc) is 0.722. The molecule has 0 aromatic carbocycles. The van der Waals surface area contributed by atoms with Crippen LogP contribution < -0.4 is 73.8 Å². The van der Waals surface area contributed by atoms with Crippen molar-refractivity contribution in [1.29, 1.82) is 0 Å². The maximum Gasteiger partial charge on any atom is 5.00 e. The molecule has 0 aliphatic rings. The van der Waals surface area contributed by atoms with Gasteiger partial charge in [0.25, 0.3) is 0 Å². The summed E-state index contributed by atoms with van der Waals surface area (Å²) in [6.45, 7) is 0. The Labute approximate surface area is 108 Å². The summed E-state index contributed by atoms with van der Waals surface area (Å²) in [5.74, 6) is 0. The van der Waals surface area contributed by atoms with Crippen LogP contribution in [0, 0.1) is 0 Å². The summed E-state index contributed by atoms with van der Waals surface area (Å²) in [6.07, 6.45) is 0. The predicted octanol–water partition coefficient (Wildman–Crippen LogP) is -8.40. The number of hydrogen-bond donors (Lipinski definition) is 0. The first kappa shape index (κ1) is 29.9. The van der Waals surface area contributed by atoms with E-state index in [1.807, 2.05) is 0 Å². The Hall–Kier alpha value is 2.62. The first-order chi connectivity index (χ1) is 2.00. The zero-order valence-corrected chi connectivity index (χ0v) is 11.2. The molecule has 1 radical (unpaired) electrons. The smallest absolute Gasteiger partial charge is 0.822 e. The number of halogens is 1. The van der Waals surface area contributed by atoms with E-state index in [4.69, 9.17) is 19.2 Å². The second kappa shape index (κ2) is 13.2. The van der Waals surface area contributed by atoms with Crippen molar-refractivity contribution in [2.24, 2.45) is 0 Å². The van der Waals surface area contributed by atoms with E-state index in [1.165, 1.54) is 0 Å². The topological polar surface area (TPSA) is 86.2 Å². The average molecular weight is 211 g/mol. The summed E-state index contributed by atoms with van der Waals surface area (Å²) in [6, 6.07) is 0. The van der Waals surface area contributed by atoms with E-state index >= 15 is 0 Å². The van der Waals surface area contributed by atoms with Crippen LogP contribution in [0.1, 0.15) is 0 Å². The normalized spacial score (nSPS) is 6.56. The minimum absolute atomic E-state index is 0. The van der Waals surface area contributed by atoms with Crippen LogP contribution in [0.5, 0.6) is 0 Å². The Morgan fingerprint density at radius 3 is 1.00 bits per heavy atom. The van der Waals surface area contributed by atoms with Crippen molar-refractivity contribution in [3.63, 3.8) is 0 Å². The fourth-order valence-corrected chi connectivity index (χ4v) is 0. The molecule has 0 saturated heterocycles. The molecule has 0 saturated carbocycles. The third-order valence-electron chi connectivity index (χ3n) is 0. The molecule has 4 nitrogen and oxygen atoms in total. The van der Waals surface area contributed by atoms with Gasteiger partial charge in [0, 0.05) is 4.70 Å². The Kier molecular flexibility index (Phi) is 44.0. The summed E-state index contributed by atoms with van der Waals surface area (Å²) in [5.41, 5.74) is 0. The minimum Gasteiger partial charge on any atom is -0.822 e. The maximum absolute atomic E-state index is 8.55. The molecule has 0 N–H and O–H groups in total. The fraction of sp³-hybridized carbons (Fsp3) is 0. The maximum atomic E-state index is 8.55. The van der Waals surface area contributed by atoms with Gasteiger partial charge in [0.15, 0.2) is 0 Å². The first-order valence-electron chi connectivity index (χ1n) is 0.730. The molecule has 0 atom stereocenters. The van der Waals surface area contributed by atoms with Crippen LogP contribution in [0.4, 0.5) is 4.70 Å². The molecule has 0 aliphatic carbocycles. The third-order valence-corrected chi connectivity index (χ3v) is 0. The van der Waals surface area contributed by atoms with Crippen LogP contribution in [0.25, 0.3) is 0 Å². The van der Waals surface area contributed by atoms with E-state index in [0.717, 1.165) is 0 Å². The third kappa shape index (κ3) is 115. The van der Waals surface area contributed by atoms with Crippen molar-refractivity contribution in [2.45, 2.75) is 0 Å². The fourth-order valence-electron chi connectivity index (χ4n) is 0. The van der Waals surface area contributed by atoms with Crippen LogP contribution in [0.3, 0.4) is 0 Å². The molecular formula is FNa2O4PV+4. The van der Waals surface area contributed by atoms with Gasteiger partial charge in [-0.1, -0.05) is 0 Å². The van der Waals surface area contributed by atoms with Gasteiger partial charge < -0.3 is 19.2 Å². The van der Waals surface area contributed by atoms with E-state index in [9.17, 15) is 0 Å². The molecule has 9 heavy (non-hydrogen) atoms. The van der Waals surface area contributed by atoms with E-state index in [1.54, 1.807) is 0 Å². The Morgan fingerprint density at radius 2 is 1.00 bits per heavy atom. The van der Waals surface area contributed by atoms with Crippen LogP contribution in [-0.4, -0.2) is 0 Å². The summed E-state index contributed by atoms with van der Waals surface area (Å²) in [5, 5.41) is 0. The largest absolute Gasteiger partial charge is 5.00 e. The molecule has 0 bridgehead atoms. The molecule has 9 heteroatoms. The van der Waals surface area contributed by atoms with Gasteiger partial charge in [0.05, 0.1) is 0 Å². The van der Waals surface area contributed by atoms with Crippen LogP contribution in [0.2, 0.25) is 0 Å². The first-order valence-corrected chi connectivity index (χ1v) is 2.19. The monoisotopic (exact) mass is 211 g/mol. The van der Waals surface area contributed by atoms with E-state index < -0.39 is 7.82 Å². The van der Waals surface area contributed by atoms with E-state index in [-0.39, 0.29) is 82.4 Å². The second-order valence-electron chi connectivity index (χ2n) is 0.447. The number of rotatable bonds is 0. The van der Waals surface area contributed by atoms with Crippen molar-refractivity contribution in [3.8, 4) is 0 Å². The van der Waals surface area contributed by atoms with Crippen molar-refractivity contribution in [2.75, 3.05) is 0 Å². The molecule has 0 amide bonds.